The molecule has 172 valence electrons. The number of furan rings is 1. The van der Waals surface area contributed by atoms with E-state index in [4.69, 9.17) is 9.15 Å². The Morgan fingerprint density at radius 1 is 1.22 bits per heavy atom. The van der Waals surface area contributed by atoms with Gasteiger partial charge in [0.25, 0.3) is 5.91 Å². The zero-order valence-corrected chi connectivity index (χ0v) is 18.9. The molecule has 1 aromatic heterocycles. The van der Waals surface area contributed by atoms with Gasteiger partial charge in [-0.25, -0.2) is 0 Å². The summed E-state index contributed by atoms with van der Waals surface area (Å²) >= 11 is 0. The average molecular weight is 440 g/mol. The van der Waals surface area contributed by atoms with Gasteiger partial charge in [0.2, 0.25) is 0 Å². The smallest absolute Gasteiger partial charge is 0.289 e. The van der Waals surface area contributed by atoms with Crippen molar-refractivity contribution in [3.8, 4) is 0 Å². The van der Waals surface area contributed by atoms with Gasteiger partial charge in [0, 0.05) is 56.9 Å². The van der Waals surface area contributed by atoms with Crippen molar-refractivity contribution in [2.75, 3.05) is 51.3 Å². The van der Waals surface area contributed by atoms with Gasteiger partial charge in [-0.05, 0) is 55.2 Å². The molecule has 0 aliphatic carbocycles. The number of benzene rings is 1. The van der Waals surface area contributed by atoms with Crippen LogP contribution in [0.1, 0.15) is 41.1 Å². The van der Waals surface area contributed by atoms with Crippen molar-refractivity contribution in [3.63, 3.8) is 0 Å². The molecule has 1 amide bonds. The van der Waals surface area contributed by atoms with Crippen LogP contribution in [0.4, 0.5) is 5.69 Å². The maximum Gasteiger partial charge on any atom is 0.289 e. The van der Waals surface area contributed by atoms with Crippen LogP contribution in [0.25, 0.3) is 0 Å². The number of hydrogen-bond donors (Lipinski definition) is 1. The van der Waals surface area contributed by atoms with Crippen molar-refractivity contribution in [1.29, 1.82) is 0 Å². The number of carbonyl (C=O) groups excluding carboxylic acids is 1. The summed E-state index contributed by atoms with van der Waals surface area (Å²) in [4.78, 5) is 19.7. The summed E-state index contributed by atoms with van der Waals surface area (Å²) in [6.45, 7) is 6.98. The maximum atomic E-state index is 13.1. The lowest BCUT2D eigenvalue weighted by Gasteiger charge is -2.50. The number of ether oxygens (including phenoxy) is 1. The molecule has 0 radical (unpaired) electrons. The fraction of sp³-hybridized carbons (Fsp3) is 0.560. The van der Waals surface area contributed by atoms with E-state index in [2.05, 4.69) is 28.0 Å². The highest BCUT2D eigenvalue weighted by atomic mass is 16.5. The number of aliphatic hydroxyl groups is 1. The van der Waals surface area contributed by atoms with Gasteiger partial charge in [-0.15, -0.1) is 0 Å². The molecule has 3 aliphatic rings. The Hall–Kier alpha value is -2.35. The van der Waals surface area contributed by atoms with Gasteiger partial charge < -0.3 is 24.1 Å². The summed E-state index contributed by atoms with van der Waals surface area (Å²) in [6, 6.07) is 10.5. The SMILES string of the molecule is C[C@H](O)[C@@H]1CN2CCc3ccc(N4CCOCC4)cc3[C@@H]2C[C@@H]1N(C)C(=O)c1ccco1. The van der Waals surface area contributed by atoms with Crippen LogP contribution in [0, 0.1) is 5.92 Å². The minimum absolute atomic E-state index is 0.000798. The zero-order valence-electron chi connectivity index (χ0n) is 18.9. The monoisotopic (exact) mass is 439 g/mol. The summed E-state index contributed by atoms with van der Waals surface area (Å²) in [5, 5.41) is 10.6. The number of aliphatic hydroxyl groups excluding tert-OH is 1. The average Bonchev–Trinajstić information content (AvgIpc) is 3.37. The molecule has 0 spiro atoms. The Morgan fingerprint density at radius 3 is 2.75 bits per heavy atom. The van der Waals surface area contributed by atoms with E-state index in [0.717, 1.165) is 52.2 Å². The van der Waals surface area contributed by atoms with Crippen molar-refractivity contribution in [1.82, 2.24) is 9.80 Å². The van der Waals surface area contributed by atoms with E-state index >= 15 is 0 Å². The van der Waals surface area contributed by atoms with Crippen LogP contribution in [0.3, 0.4) is 0 Å². The van der Waals surface area contributed by atoms with Gasteiger partial charge in [-0.1, -0.05) is 6.07 Å². The van der Waals surface area contributed by atoms with Crippen LogP contribution in [0.2, 0.25) is 0 Å². The lowest BCUT2D eigenvalue weighted by molar-refractivity contribution is -0.0238. The molecule has 2 aromatic rings. The number of amides is 1. The van der Waals surface area contributed by atoms with Crippen molar-refractivity contribution in [2.24, 2.45) is 5.92 Å². The lowest BCUT2D eigenvalue weighted by atomic mass is 9.78. The highest BCUT2D eigenvalue weighted by Crippen LogP contribution is 2.42. The third-order valence-electron chi connectivity index (χ3n) is 7.55. The van der Waals surface area contributed by atoms with Crippen LogP contribution in [0.5, 0.6) is 0 Å². The first-order chi connectivity index (χ1) is 15.5. The number of anilines is 1. The van der Waals surface area contributed by atoms with Crippen LogP contribution in [0.15, 0.2) is 41.0 Å². The Morgan fingerprint density at radius 2 is 2.03 bits per heavy atom. The molecule has 4 atom stereocenters. The normalized spacial score (nSPS) is 26.8. The molecular weight excluding hydrogens is 406 g/mol. The van der Waals surface area contributed by atoms with Crippen molar-refractivity contribution in [3.05, 3.63) is 53.5 Å². The van der Waals surface area contributed by atoms with Crippen LogP contribution in [-0.4, -0.2) is 79.4 Å². The standard InChI is InChI=1S/C25H33N3O4/c1-17(29)21-16-28-8-7-18-5-6-19(27-9-12-31-13-10-27)14-20(18)23(28)15-22(21)26(2)25(30)24-4-3-11-32-24/h3-6,11,14,17,21-23,29H,7-10,12-13,15-16H2,1-2H3/t17-,21-,22-,23-/m0/s1. The molecule has 5 rings (SSSR count). The summed E-state index contributed by atoms with van der Waals surface area (Å²) < 4.78 is 10.9. The molecule has 1 aromatic carbocycles. The number of morpholine rings is 1. The van der Waals surface area contributed by atoms with E-state index < -0.39 is 6.10 Å². The van der Waals surface area contributed by atoms with E-state index in [1.165, 1.54) is 23.1 Å². The Kier molecular flexibility index (Phi) is 5.97. The topological polar surface area (TPSA) is 69.4 Å². The highest BCUT2D eigenvalue weighted by molar-refractivity contribution is 5.91. The van der Waals surface area contributed by atoms with Gasteiger partial charge in [-0.2, -0.15) is 0 Å². The second kappa shape index (κ2) is 8.89. The molecule has 2 saturated heterocycles. The third-order valence-corrected chi connectivity index (χ3v) is 7.55. The second-order valence-corrected chi connectivity index (χ2v) is 9.34. The molecule has 32 heavy (non-hydrogen) atoms. The third kappa shape index (κ3) is 3.93. The molecule has 3 aliphatic heterocycles. The summed E-state index contributed by atoms with van der Waals surface area (Å²) in [5.74, 6) is 0.217. The van der Waals surface area contributed by atoms with Crippen LogP contribution < -0.4 is 4.90 Å². The first kappa shape index (κ1) is 21.5. The predicted octanol–water partition coefficient (Wildman–Crippen LogP) is 2.56. The summed E-state index contributed by atoms with van der Waals surface area (Å²) in [6.07, 6.45) is 2.86. The molecule has 0 bridgehead atoms. The predicted molar refractivity (Wildman–Crippen MR) is 122 cm³/mol. The van der Waals surface area contributed by atoms with Crippen molar-refractivity contribution >= 4 is 11.6 Å². The second-order valence-electron chi connectivity index (χ2n) is 9.34. The number of nitrogens with zero attached hydrogens (tertiary/aromatic N) is 3. The molecule has 1 N–H and O–H groups in total. The van der Waals surface area contributed by atoms with E-state index in [-0.39, 0.29) is 23.9 Å². The first-order valence-corrected chi connectivity index (χ1v) is 11.7. The van der Waals surface area contributed by atoms with E-state index in [1.54, 1.807) is 17.0 Å². The van der Waals surface area contributed by atoms with Gasteiger partial charge >= 0.3 is 0 Å². The summed E-state index contributed by atoms with van der Waals surface area (Å²) in [5.41, 5.74) is 4.02. The first-order valence-electron chi connectivity index (χ1n) is 11.7. The summed E-state index contributed by atoms with van der Waals surface area (Å²) in [7, 11) is 1.84. The molecule has 4 heterocycles. The minimum atomic E-state index is -0.492. The number of rotatable bonds is 4. The van der Waals surface area contributed by atoms with E-state index in [1.807, 2.05) is 14.0 Å². The van der Waals surface area contributed by atoms with Crippen molar-refractivity contribution in [2.45, 2.75) is 38.0 Å². The Balaban J connectivity index is 1.44. The molecule has 7 heteroatoms. The van der Waals surface area contributed by atoms with E-state index in [0.29, 0.717) is 5.76 Å². The number of carbonyl (C=O) groups is 1. The van der Waals surface area contributed by atoms with E-state index in [9.17, 15) is 9.90 Å². The fourth-order valence-corrected chi connectivity index (χ4v) is 5.69. The quantitative estimate of drug-likeness (QED) is 0.790. The molecule has 0 saturated carbocycles. The number of fused-ring (bicyclic) bond motifs is 3. The molecular formula is C25H33N3O4. The fourth-order valence-electron chi connectivity index (χ4n) is 5.69. The van der Waals surface area contributed by atoms with Crippen molar-refractivity contribution < 1.29 is 19.1 Å². The van der Waals surface area contributed by atoms with Gasteiger partial charge in [0.05, 0.1) is 25.6 Å². The lowest BCUT2D eigenvalue weighted by Crippen LogP contribution is -2.56. The largest absolute Gasteiger partial charge is 0.459 e. The Labute approximate surface area is 189 Å². The van der Waals surface area contributed by atoms with Crippen LogP contribution >= 0.6 is 0 Å². The Bertz CT molecular complexity index is 939. The molecule has 2 fully saturated rings. The van der Waals surface area contributed by atoms with Crippen LogP contribution in [-0.2, 0) is 11.2 Å². The zero-order chi connectivity index (χ0) is 22.2. The minimum Gasteiger partial charge on any atom is -0.459 e. The molecule has 0 unspecified atom stereocenters. The number of hydrogen-bond acceptors (Lipinski definition) is 6. The highest BCUT2D eigenvalue weighted by Gasteiger charge is 2.43. The van der Waals surface area contributed by atoms with Gasteiger partial charge in [0.15, 0.2) is 5.76 Å². The molecule has 7 nitrogen and oxygen atoms in total. The number of piperidine rings is 1. The van der Waals surface area contributed by atoms with Gasteiger partial charge in [0.1, 0.15) is 0 Å². The maximum absolute atomic E-state index is 13.1. The van der Waals surface area contributed by atoms with Gasteiger partial charge in [-0.3, -0.25) is 9.69 Å².